The molecule has 1 aromatic carbocycles. The first-order valence-electron chi connectivity index (χ1n) is 7.76. The van der Waals surface area contributed by atoms with Gasteiger partial charge in [0, 0.05) is 36.3 Å². The highest BCUT2D eigenvalue weighted by Crippen LogP contribution is 2.28. The van der Waals surface area contributed by atoms with E-state index in [0.29, 0.717) is 12.6 Å². The summed E-state index contributed by atoms with van der Waals surface area (Å²) in [5.41, 5.74) is 9.85. The Balaban J connectivity index is 1.99. The molecule has 108 valence electrons. The summed E-state index contributed by atoms with van der Waals surface area (Å²) < 4.78 is 2.45. The van der Waals surface area contributed by atoms with E-state index in [2.05, 4.69) is 48.0 Å². The first-order valence-corrected chi connectivity index (χ1v) is 7.76. The van der Waals surface area contributed by atoms with Gasteiger partial charge >= 0.3 is 0 Å². The molecule has 1 fully saturated rings. The molecule has 0 aliphatic heterocycles. The summed E-state index contributed by atoms with van der Waals surface area (Å²) in [6, 6.07) is 9.95. The molecule has 0 amide bonds. The van der Waals surface area contributed by atoms with Gasteiger partial charge in [0.25, 0.3) is 0 Å². The van der Waals surface area contributed by atoms with Crippen molar-refractivity contribution in [3.05, 3.63) is 35.5 Å². The number of fused-ring (bicyclic) bond motifs is 1. The number of rotatable bonds is 5. The van der Waals surface area contributed by atoms with E-state index in [1.165, 1.54) is 41.4 Å². The Bertz CT molecular complexity index is 594. The minimum absolute atomic E-state index is 0.457. The third-order valence-corrected chi connectivity index (χ3v) is 4.44. The molecule has 1 aromatic heterocycles. The van der Waals surface area contributed by atoms with Gasteiger partial charge in [0.05, 0.1) is 5.52 Å². The number of para-hydroxylation sites is 1. The predicted molar refractivity (Wildman–Crippen MR) is 84.7 cm³/mol. The Morgan fingerprint density at radius 3 is 2.75 bits per heavy atom. The van der Waals surface area contributed by atoms with Crippen LogP contribution in [0.5, 0.6) is 0 Å². The fourth-order valence-corrected chi connectivity index (χ4v) is 3.17. The average Bonchev–Trinajstić information content (AvgIpc) is 2.75. The monoisotopic (exact) mass is 271 g/mol. The normalized spacial score (nSPS) is 16.0. The van der Waals surface area contributed by atoms with E-state index in [4.69, 9.17) is 5.73 Å². The van der Waals surface area contributed by atoms with Gasteiger partial charge in [-0.3, -0.25) is 0 Å². The zero-order chi connectivity index (χ0) is 14.1. The lowest BCUT2D eigenvalue weighted by Crippen LogP contribution is -2.35. The highest BCUT2D eigenvalue weighted by atomic mass is 15.1. The van der Waals surface area contributed by atoms with Gasteiger partial charge in [-0.1, -0.05) is 24.6 Å². The quantitative estimate of drug-likeness (QED) is 0.876. The van der Waals surface area contributed by atoms with Gasteiger partial charge in [0.1, 0.15) is 0 Å². The van der Waals surface area contributed by atoms with Crippen LogP contribution in [0.1, 0.15) is 50.4 Å². The third-order valence-electron chi connectivity index (χ3n) is 4.44. The molecule has 1 heterocycles. The molecule has 0 atom stereocenters. The summed E-state index contributed by atoms with van der Waals surface area (Å²) in [4.78, 5) is 0. The van der Waals surface area contributed by atoms with Crippen LogP contribution in [0, 0.1) is 0 Å². The number of hydrogen-bond donors (Lipinski definition) is 2. The SMILES string of the molecule is CC(C)n1c(CNC2CCC2)cc2cccc(CN)c21. The van der Waals surface area contributed by atoms with E-state index in [-0.39, 0.29) is 0 Å². The van der Waals surface area contributed by atoms with Crippen molar-refractivity contribution >= 4 is 10.9 Å². The smallest absolute Gasteiger partial charge is 0.0530 e. The minimum Gasteiger partial charge on any atom is -0.341 e. The van der Waals surface area contributed by atoms with E-state index in [1.807, 2.05) is 0 Å². The Morgan fingerprint density at radius 2 is 2.15 bits per heavy atom. The average molecular weight is 271 g/mol. The summed E-state index contributed by atoms with van der Waals surface area (Å²) >= 11 is 0. The van der Waals surface area contributed by atoms with Crippen LogP contribution in [0.25, 0.3) is 10.9 Å². The van der Waals surface area contributed by atoms with E-state index in [9.17, 15) is 0 Å². The zero-order valence-corrected chi connectivity index (χ0v) is 12.5. The van der Waals surface area contributed by atoms with Crippen LogP contribution in [0.15, 0.2) is 24.3 Å². The summed E-state index contributed by atoms with van der Waals surface area (Å²) in [5, 5.41) is 4.99. The second-order valence-electron chi connectivity index (χ2n) is 6.17. The number of benzene rings is 1. The van der Waals surface area contributed by atoms with Crippen molar-refractivity contribution < 1.29 is 0 Å². The molecule has 1 aliphatic rings. The molecule has 20 heavy (non-hydrogen) atoms. The van der Waals surface area contributed by atoms with Gasteiger partial charge in [-0.2, -0.15) is 0 Å². The molecule has 3 heteroatoms. The van der Waals surface area contributed by atoms with Gasteiger partial charge < -0.3 is 15.6 Å². The lowest BCUT2D eigenvalue weighted by atomic mass is 9.93. The summed E-state index contributed by atoms with van der Waals surface area (Å²) in [7, 11) is 0. The first kappa shape index (κ1) is 13.7. The topological polar surface area (TPSA) is 43.0 Å². The summed E-state index contributed by atoms with van der Waals surface area (Å²) in [6.07, 6.45) is 4.04. The predicted octanol–water partition coefficient (Wildman–Crippen LogP) is 3.32. The van der Waals surface area contributed by atoms with Crippen molar-refractivity contribution in [1.29, 1.82) is 0 Å². The maximum atomic E-state index is 5.92. The molecule has 3 N–H and O–H groups in total. The number of nitrogens with zero attached hydrogens (tertiary/aromatic N) is 1. The van der Waals surface area contributed by atoms with Crippen LogP contribution in [0.2, 0.25) is 0 Å². The second-order valence-corrected chi connectivity index (χ2v) is 6.17. The third kappa shape index (κ3) is 2.36. The lowest BCUT2D eigenvalue weighted by Gasteiger charge is -2.27. The van der Waals surface area contributed by atoms with E-state index in [0.717, 1.165) is 12.6 Å². The molecular weight excluding hydrogens is 246 g/mol. The maximum absolute atomic E-state index is 5.92. The van der Waals surface area contributed by atoms with Crippen LogP contribution < -0.4 is 11.1 Å². The number of nitrogens with two attached hydrogens (primary N) is 1. The zero-order valence-electron chi connectivity index (χ0n) is 12.5. The van der Waals surface area contributed by atoms with Crippen LogP contribution in [0.4, 0.5) is 0 Å². The molecule has 1 saturated carbocycles. The Labute approximate surface area is 121 Å². The fraction of sp³-hybridized carbons (Fsp3) is 0.529. The van der Waals surface area contributed by atoms with Crippen molar-refractivity contribution in [2.45, 2.75) is 58.3 Å². The standard InChI is InChI=1S/C17H25N3/c1-12(2)20-16(11-19-15-7-4-8-15)9-13-5-3-6-14(10-18)17(13)20/h3,5-6,9,12,15,19H,4,7-8,10-11,18H2,1-2H3. The fourth-order valence-electron chi connectivity index (χ4n) is 3.17. The van der Waals surface area contributed by atoms with Crippen LogP contribution in [-0.2, 0) is 13.1 Å². The van der Waals surface area contributed by atoms with Crippen molar-refractivity contribution in [3.63, 3.8) is 0 Å². The summed E-state index contributed by atoms with van der Waals surface area (Å²) in [6.45, 7) is 6.06. The van der Waals surface area contributed by atoms with Crippen LogP contribution in [-0.4, -0.2) is 10.6 Å². The van der Waals surface area contributed by atoms with Crippen molar-refractivity contribution in [1.82, 2.24) is 9.88 Å². The Kier molecular flexibility index (Phi) is 3.81. The molecule has 3 rings (SSSR count). The van der Waals surface area contributed by atoms with Gasteiger partial charge in [-0.05, 0) is 38.3 Å². The van der Waals surface area contributed by atoms with Gasteiger partial charge in [-0.25, -0.2) is 0 Å². The molecule has 0 saturated heterocycles. The van der Waals surface area contributed by atoms with Crippen molar-refractivity contribution in [3.8, 4) is 0 Å². The molecule has 0 unspecified atom stereocenters. The highest BCUT2D eigenvalue weighted by molar-refractivity contribution is 5.84. The molecule has 0 bridgehead atoms. The molecule has 3 nitrogen and oxygen atoms in total. The Morgan fingerprint density at radius 1 is 1.35 bits per heavy atom. The molecule has 0 spiro atoms. The van der Waals surface area contributed by atoms with Crippen molar-refractivity contribution in [2.24, 2.45) is 5.73 Å². The van der Waals surface area contributed by atoms with E-state index >= 15 is 0 Å². The lowest BCUT2D eigenvalue weighted by molar-refractivity contribution is 0.334. The second kappa shape index (κ2) is 5.58. The molecule has 0 radical (unpaired) electrons. The van der Waals surface area contributed by atoms with Crippen LogP contribution in [0.3, 0.4) is 0 Å². The van der Waals surface area contributed by atoms with E-state index in [1.54, 1.807) is 0 Å². The van der Waals surface area contributed by atoms with Gasteiger partial charge in [0.2, 0.25) is 0 Å². The number of nitrogens with one attached hydrogen (secondary N) is 1. The van der Waals surface area contributed by atoms with Crippen molar-refractivity contribution in [2.75, 3.05) is 0 Å². The molecular formula is C17H25N3. The Hall–Kier alpha value is -1.32. The van der Waals surface area contributed by atoms with Gasteiger partial charge in [-0.15, -0.1) is 0 Å². The highest BCUT2D eigenvalue weighted by Gasteiger charge is 2.19. The largest absolute Gasteiger partial charge is 0.341 e. The maximum Gasteiger partial charge on any atom is 0.0530 e. The molecule has 1 aliphatic carbocycles. The van der Waals surface area contributed by atoms with Gasteiger partial charge in [0.15, 0.2) is 0 Å². The number of hydrogen-bond acceptors (Lipinski definition) is 2. The first-order chi connectivity index (χ1) is 9.70. The number of aromatic nitrogens is 1. The summed E-state index contributed by atoms with van der Waals surface area (Å²) in [5.74, 6) is 0. The molecule has 2 aromatic rings. The van der Waals surface area contributed by atoms with Crippen LogP contribution >= 0.6 is 0 Å². The minimum atomic E-state index is 0.457. The van der Waals surface area contributed by atoms with E-state index < -0.39 is 0 Å².